The molecule has 110 valence electrons. The predicted octanol–water partition coefficient (Wildman–Crippen LogP) is 0.898. The molecule has 8 heteroatoms. The molecule has 0 aliphatic carbocycles. The zero-order valence-electron chi connectivity index (χ0n) is 11.4. The van der Waals surface area contributed by atoms with Crippen LogP contribution in [0.25, 0.3) is 5.69 Å². The molecule has 1 N–H and O–H groups in total. The van der Waals surface area contributed by atoms with Crippen LogP contribution in [0.5, 0.6) is 0 Å². The van der Waals surface area contributed by atoms with Crippen LogP contribution in [0.3, 0.4) is 0 Å². The number of hydrogen-bond acceptors (Lipinski definition) is 6. The molecule has 1 aromatic carbocycles. The van der Waals surface area contributed by atoms with E-state index in [1.165, 1.54) is 25.0 Å². The van der Waals surface area contributed by atoms with Gasteiger partial charge in [0.25, 0.3) is 0 Å². The largest absolute Gasteiger partial charge is 0.476 e. The number of nitrogens with zero attached hydrogens (tertiary/aromatic N) is 3. The van der Waals surface area contributed by atoms with E-state index in [9.17, 15) is 9.59 Å². The molecule has 0 amide bonds. The lowest BCUT2D eigenvalue weighted by atomic mass is 10.2. The zero-order valence-corrected chi connectivity index (χ0v) is 11.4. The molecule has 21 heavy (non-hydrogen) atoms. The SMILES string of the molecule is COCc1c(C(=O)O)nnn1-c1cccc(C(=O)OC)c1. The molecule has 0 aliphatic rings. The number of methoxy groups -OCH3 is 2. The first-order chi connectivity index (χ1) is 10.1. The Kier molecular flexibility index (Phi) is 4.29. The first-order valence-corrected chi connectivity index (χ1v) is 5.94. The van der Waals surface area contributed by atoms with Crippen molar-refractivity contribution in [1.82, 2.24) is 15.0 Å². The highest BCUT2D eigenvalue weighted by Gasteiger charge is 2.20. The Morgan fingerprint density at radius 3 is 2.71 bits per heavy atom. The fourth-order valence-electron chi connectivity index (χ4n) is 1.82. The molecule has 0 aliphatic heterocycles. The van der Waals surface area contributed by atoms with Gasteiger partial charge in [-0.1, -0.05) is 11.3 Å². The predicted molar refractivity (Wildman–Crippen MR) is 70.4 cm³/mol. The molecular weight excluding hydrogens is 278 g/mol. The van der Waals surface area contributed by atoms with Crippen molar-refractivity contribution in [3.63, 3.8) is 0 Å². The minimum absolute atomic E-state index is 0.0249. The molecule has 0 unspecified atom stereocenters. The Balaban J connectivity index is 2.51. The minimum Gasteiger partial charge on any atom is -0.476 e. The summed E-state index contributed by atoms with van der Waals surface area (Å²) in [6.07, 6.45) is 0. The van der Waals surface area contributed by atoms with E-state index in [1.807, 2.05) is 0 Å². The second-order valence-electron chi connectivity index (χ2n) is 4.08. The van der Waals surface area contributed by atoms with E-state index in [-0.39, 0.29) is 18.0 Å². The summed E-state index contributed by atoms with van der Waals surface area (Å²) in [5.74, 6) is -1.69. The van der Waals surface area contributed by atoms with E-state index >= 15 is 0 Å². The number of hydrogen-bond donors (Lipinski definition) is 1. The maximum atomic E-state index is 11.5. The van der Waals surface area contributed by atoms with Crippen LogP contribution < -0.4 is 0 Å². The molecule has 0 spiro atoms. The molecule has 0 saturated carbocycles. The molecule has 8 nitrogen and oxygen atoms in total. The van der Waals surface area contributed by atoms with E-state index in [4.69, 9.17) is 9.84 Å². The van der Waals surface area contributed by atoms with Gasteiger partial charge in [-0.15, -0.1) is 5.10 Å². The lowest BCUT2D eigenvalue weighted by Gasteiger charge is -2.07. The summed E-state index contributed by atoms with van der Waals surface area (Å²) in [6, 6.07) is 6.43. The third-order valence-electron chi connectivity index (χ3n) is 2.76. The average Bonchev–Trinajstić information content (AvgIpc) is 2.91. The van der Waals surface area contributed by atoms with Crippen molar-refractivity contribution in [1.29, 1.82) is 0 Å². The van der Waals surface area contributed by atoms with Crippen LogP contribution in [0, 0.1) is 0 Å². The number of esters is 1. The van der Waals surface area contributed by atoms with E-state index in [0.717, 1.165) is 0 Å². The summed E-state index contributed by atoms with van der Waals surface area (Å²) >= 11 is 0. The standard InChI is InChI=1S/C13H13N3O5/c1-20-7-10-11(12(17)18)14-15-16(10)9-5-3-4-8(6-9)13(19)21-2/h3-6H,7H2,1-2H3,(H,17,18). The Labute approximate surface area is 119 Å². The number of aromatic carboxylic acids is 1. The highest BCUT2D eigenvalue weighted by Crippen LogP contribution is 2.16. The van der Waals surface area contributed by atoms with Gasteiger partial charge in [0.05, 0.1) is 25.0 Å². The Morgan fingerprint density at radius 2 is 2.10 bits per heavy atom. The fraction of sp³-hybridized carbons (Fsp3) is 0.231. The van der Waals surface area contributed by atoms with Gasteiger partial charge >= 0.3 is 11.9 Å². The van der Waals surface area contributed by atoms with Crippen LogP contribution >= 0.6 is 0 Å². The van der Waals surface area contributed by atoms with Crippen molar-refractivity contribution < 1.29 is 24.2 Å². The smallest absolute Gasteiger partial charge is 0.358 e. The van der Waals surface area contributed by atoms with E-state index in [1.54, 1.807) is 18.2 Å². The first-order valence-electron chi connectivity index (χ1n) is 5.94. The monoisotopic (exact) mass is 291 g/mol. The third-order valence-corrected chi connectivity index (χ3v) is 2.76. The molecule has 1 aromatic heterocycles. The quantitative estimate of drug-likeness (QED) is 0.816. The molecule has 1 heterocycles. The van der Waals surface area contributed by atoms with Crippen LogP contribution in [0.4, 0.5) is 0 Å². The Morgan fingerprint density at radius 1 is 1.33 bits per heavy atom. The van der Waals surface area contributed by atoms with E-state index in [2.05, 4.69) is 15.0 Å². The van der Waals surface area contributed by atoms with Gasteiger partial charge in [-0.3, -0.25) is 0 Å². The van der Waals surface area contributed by atoms with Crippen LogP contribution in [0.1, 0.15) is 26.5 Å². The summed E-state index contributed by atoms with van der Waals surface area (Å²) in [5, 5.41) is 16.5. The topological polar surface area (TPSA) is 104 Å². The molecule has 0 radical (unpaired) electrons. The van der Waals surface area contributed by atoms with Gasteiger partial charge < -0.3 is 14.6 Å². The van der Waals surface area contributed by atoms with Crippen molar-refractivity contribution in [2.45, 2.75) is 6.61 Å². The molecule has 2 rings (SSSR count). The summed E-state index contributed by atoms with van der Waals surface area (Å²) in [7, 11) is 2.72. The lowest BCUT2D eigenvalue weighted by molar-refractivity contribution is 0.0599. The van der Waals surface area contributed by atoms with Crippen molar-refractivity contribution in [2.75, 3.05) is 14.2 Å². The van der Waals surface area contributed by atoms with E-state index < -0.39 is 11.9 Å². The van der Waals surface area contributed by atoms with Crippen molar-refractivity contribution in [3.05, 3.63) is 41.2 Å². The number of carbonyl (C=O) groups excluding carboxylic acids is 1. The minimum atomic E-state index is -1.20. The number of benzene rings is 1. The highest BCUT2D eigenvalue weighted by atomic mass is 16.5. The lowest BCUT2D eigenvalue weighted by Crippen LogP contribution is -2.09. The van der Waals surface area contributed by atoms with Crippen molar-refractivity contribution in [2.24, 2.45) is 0 Å². The third kappa shape index (κ3) is 2.90. The maximum absolute atomic E-state index is 11.5. The number of ether oxygens (including phenoxy) is 2. The van der Waals surface area contributed by atoms with Gasteiger partial charge in [-0.25, -0.2) is 14.3 Å². The maximum Gasteiger partial charge on any atom is 0.358 e. The second kappa shape index (κ2) is 6.14. The number of carboxylic acids is 1. The molecule has 2 aromatic rings. The fourth-order valence-corrected chi connectivity index (χ4v) is 1.82. The van der Waals surface area contributed by atoms with Crippen LogP contribution in [-0.2, 0) is 16.1 Å². The summed E-state index contributed by atoms with van der Waals surface area (Å²) in [4.78, 5) is 22.7. The van der Waals surface area contributed by atoms with Crippen LogP contribution in [0.2, 0.25) is 0 Å². The van der Waals surface area contributed by atoms with Gasteiger partial charge in [-0.2, -0.15) is 0 Å². The number of carboxylic acid groups (broad SMARTS) is 1. The number of rotatable bonds is 5. The van der Waals surface area contributed by atoms with Crippen molar-refractivity contribution in [3.8, 4) is 5.69 Å². The summed E-state index contributed by atoms with van der Waals surface area (Å²) in [5.41, 5.74) is 0.906. The Bertz CT molecular complexity index is 680. The normalized spacial score (nSPS) is 10.4. The van der Waals surface area contributed by atoms with Gasteiger partial charge in [0.15, 0.2) is 5.69 Å². The summed E-state index contributed by atoms with van der Waals surface area (Å²) in [6.45, 7) is 0.0249. The first kappa shape index (κ1) is 14.7. The molecule has 0 fully saturated rings. The highest BCUT2D eigenvalue weighted by molar-refractivity contribution is 5.90. The number of aromatic nitrogens is 3. The molecule has 0 saturated heterocycles. The second-order valence-corrected chi connectivity index (χ2v) is 4.08. The van der Waals surface area contributed by atoms with Gasteiger partial charge in [-0.05, 0) is 18.2 Å². The molecular formula is C13H13N3O5. The zero-order chi connectivity index (χ0) is 15.4. The van der Waals surface area contributed by atoms with E-state index in [0.29, 0.717) is 11.3 Å². The van der Waals surface area contributed by atoms with Crippen LogP contribution in [0.15, 0.2) is 24.3 Å². The molecule has 0 atom stereocenters. The Hall–Kier alpha value is -2.74. The molecule has 0 bridgehead atoms. The van der Waals surface area contributed by atoms with Crippen molar-refractivity contribution >= 4 is 11.9 Å². The summed E-state index contributed by atoms with van der Waals surface area (Å²) < 4.78 is 10.9. The van der Waals surface area contributed by atoms with Crippen LogP contribution in [-0.4, -0.2) is 46.3 Å². The number of carbonyl (C=O) groups is 2. The average molecular weight is 291 g/mol. The van der Waals surface area contributed by atoms with Gasteiger partial charge in [0, 0.05) is 7.11 Å². The van der Waals surface area contributed by atoms with Gasteiger partial charge in [0.2, 0.25) is 0 Å². The van der Waals surface area contributed by atoms with Gasteiger partial charge in [0.1, 0.15) is 5.69 Å².